The Bertz CT molecular complexity index is 1600. The molecule has 0 heterocycles. The number of hydrogen-bond donors (Lipinski definition) is 1. The fourth-order valence-corrected chi connectivity index (χ4v) is 6.62. The predicted octanol–water partition coefficient (Wildman–Crippen LogP) is 6.42. The Morgan fingerprint density at radius 1 is 0.837 bits per heavy atom. The van der Waals surface area contributed by atoms with E-state index in [2.05, 4.69) is 43.8 Å². The molecule has 4 aromatic rings. The van der Waals surface area contributed by atoms with Crippen LogP contribution in [0.2, 0.25) is 0 Å². The van der Waals surface area contributed by atoms with E-state index in [9.17, 15) is 18.0 Å². The smallest absolute Gasteiger partial charge is 0.264 e. The molecule has 1 atom stereocenters. The van der Waals surface area contributed by atoms with Crippen LogP contribution in [0.3, 0.4) is 0 Å². The quantitative estimate of drug-likeness (QED) is 0.159. The van der Waals surface area contributed by atoms with Crippen molar-refractivity contribution in [1.82, 2.24) is 10.2 Å². The number of carbonyl (C=O) groups is 2. The van der Waals surface area contributed by atoms with Gasteiger partial charge in [-0.15, -0.1) is 0 Å². The molecule has 0 aliphatic carbocycles. The lowest BCUT2D eigenvalue weighted by atomic mass is 10.0. The van der Waals surface area contributed by atoms with Crippen molar-refractivity contribution in [2.75, 3.05) is 17.4 Å². The van der Waals surface area contributed by atoms with Gasteiger partial charge in [0, 0.05) is 27.6 Å². The fourth-order valence-electron chi connectivity index (χ4n) is 4.56. The van der Waals surface area contributed by atoms with Crippen molar-refractivity contribution in [3.8, 4) is 0 Å². The van der Waals surface area contributed by atoms with E-state index in [0.717, 1.165) is 29.9 Å². The van der Waals surface area contributed by atoms with Gasteiger partial charge in [0.15, 0.2) is 0 Å². The molecule has 0 radical (unpaired) electrons. The van der Waals surface area contributed by atoms with Crippen molar-refractivity contribution in [1.29, 1.82) is 0 Å². The number of sulfonamides is 1. The molecule has 2 amide bonds. The summed E-state index contributed by atoms with van der Waals surface area (Å²) in [6.45, 7) is 2.06. The van der Waals surface area contributed by atoms with Gasteiger partial charge in [-0.05, 0) is 88.7 Å². The molecule has 0 spiro atoms. The maximum atomic E-state index is 14.4. The van der Waals surface area contributed by atoms with E-state index in [4.69, 9.17) is 0 Å². The summed E-state index contributed by atoms with van der Waals surface area (Å²) in [5.41, 5.74) is 2.06. The number of nitrogens with one attached hydrogen (secondary N) is 1. The Morgan fingerprint density at radius 2 is 1.44 bits per heavy atom. The molecule has 0 fully saturated rings. The van der Waals surface area contributed by atoms with E-state index < -0.39 is 28.5 Å². The van der Waals surface area contributed by atoms with Crippen molar-refractivity contribution < 1.29 is 18.0 Å². The molecule has 43 heavy (non-hydrogen) atoms. The largest absolute Gasteiger partial charge is 0.354 e. The molecule has 0 aromatic heterocycles. The number of hydrogen-bond acceptors (Lipinski definition) is 4. The second kappa shape index (κ2) is 15.5. The zero-order valence-corrected chi connectivity index (χ0v) is 28.3. The average Bonchev–Trinajstić information content (AvgIpc) is 3.02. The normalized spacial score (nSPS) is 11.9. The van der Waals surface area contributed by atoms with Gasteiger partial charge in [-0.2, -0.15) is 0 Å². The Balaban J connectivity index is 1.78. The molecule has 0 aliphatic rings. The third kappa shape index (κ3) is 8.90. The maximum absolute atomic E-state index is 14.4. The summed E-state index contributed by atoms with van der Waals surface area (Å²) in [5, 5.41) is 2.96. The van der Waals surface area contributed by atoms with E-state index in [0.29, 0.717) is 12.2 Å². The predicted molar refractivity (Wildman–Crippen MR) is 182 cm³/mol. The van der Waals surface area contributed by atoms with E-state index >= 15 is 0 Å². The molecule has 0 unspecified atom stereocenters. The molecule has 0 aliphatic heterocycles. The molecule has 0 saturated heterocycles. The lowest BCUT2D eigenvalue weighted by Gasteiger charge is -2.34. The van der Waals surface area contributed by atoms with E-state index in [1.807, 2.05) is 61.5 Å². The number of carbonyl (C=O) groups excluding carboxylic acids is 2. The topological polar surface area (TPSA) is 86.8 Å². The molecule has 1 N–H and O–H groups in total. The van der Waals surface area contributed by atoms with Crippen LogP contribution in [0.1, 0.15) is 24.5 Å². The molecule has 0 bridgehead atoms. The molecule has 4 aromatic carbocycles. The fraction of sp³-hybridized carbons (Fsp3) is 0.212. The van der Waals surface area contributed by atoms with Crippen LogP contribution in [0.25, 0.3) is 0 Å². The lowest BCUT2D eigenvalue weighted by molar-refractivity contribution is -0.140. The van der Waals surface area contributed by atoms with Gasteiger partial charge in [-0.3, -0.25) is 13.9 Å². The molecule has 7 nitrogen and oxygen atoms in total. The zero-order chi connectivity index (χ0) is 30.8. The summed E-state index contributed by atoms with van der Waals surface area (Å²) in [4.78, 5) is 29.6. The molecule has 224 valence electrons. The van der Waals surface area contributed by atoms with Crippen LogP contribution in [0, 0.1) is 3.57 Å². The monoisotopic (exact) mass is 773 g/mol. The van der Waals surface area contributed by atoms with Crippen molar-refractivity contribution in [3.05, 3.63) is 128 Å². The van der Waals surface area contributed by atoms with Gasteiger partial charge >= 0.3 is 0 Å². The number of benzene rings is 4. The SMILES string of the molecule is CCCNC(=O)[C@@H](Cc1ccccc1)N(Cc1ccc(Br)cc1)C(=O)CN(c1ccc(I)cc1)S(=O)(=O)c1ccccc1. The van der Waals surface area contributed by atoms with E-state index in [-0.39, 0.29) is 23.8 Å². The number of nitrogens with zero attached hydrogens (tertiary/aromatic N) is 2. The first-order chi connectivity index (χ1) is 20.7. The van der Waals surface area contributed by atoms with Crippen LogP contribution < -0.4 is 9.62 Å². The number of rotatable bonds is 13. The Hall–Kier alpha value is -3.22. The van der Waals surface area contributed by atoms with Crippen LogP contribution in [-0.4, -0.2) is 44.3 Å². The minimum Gasteiger partial charge on any atom is -0.354 e. The van der Waals surface area contributed by atoms with Crippen LogP contribution in [0.4, 0.5) is 5.69 Å². The highest BCUT2D eigenvalue weighted by molar-refractivity contribution is 14.1. The Morgan fingerprint density at radius 3 is 2.05 bits per heavy atom. The van der Waals surface area contributed by atoms with Crippen LogP contribution in [0.15, 0.2) is 119 Å². The summed E-state index contributed by atoms with van der Waals surface area (Å²) in [6, 6.07) is 31.2. The first-order valence-electron chi connectivity index (χ1n) is 13.9. The molecule has 0 saturated carbocycles. The minimum atomic E-state index is -4.12. The van der Waals surface area contributed by atoms with Crippen LogP contribution >= 0.6 is 38.5 Å². The van der Waals surface area contributed by atoms with Gasteiger partial charge in [-0.1, -0.05) is 83.5 Å². The van der Waals surface area contributed by atoms with Crippen LogP contribution in [0.5, 0.6) is 0 Å². The van der Waals surface area contributed by atoms with E-state index in [1.165, 1.54) is 17.0 Å². The van der Waals surface area contributed by atoms with Crippen molar-refractivity contribution in [2.45, 2.75) is 37.2 Å². The van der Waals surface area contributed by atoms with Crippen molar-refractivity contribution in [3.63, 3.8) is 0 Å². The molecular weight excluding hydrogens is 741 g/mol. The third-order valence-corrected chi connectivity index (χ3v) is 9.85. The molecule has 10 heteroatoms. The van der Waals surface area contributed by atoms with Gasteiger partial charge in [0.1, 0.15) is 12.6 Å². The first-order valence-corrected chi connectivity index (χ1v) is 17.2. The summed E-state index contributed by atoms with van der Waals surface area (Å²) in [7, 11) is -4.12. The summed E-state index contributed by atoms with van der Waals surface area (Å²) in [5.74, 6) is -0.781. The van der Waals surface area contributed by atoms with Crippen LogP contribution in [-0.2, 0) is 32.6 Å². The standard InChI is InChI=1S/C33H33BrIN3O4S/c1-2-21-36-33(40)31(22-25-9-5-3-6-10-25)37(23-26-13-15-27(34)16-14-26)32(39)24-38(29-19-17-28(35)18-20-29)43(41,42)30-11-7-4-8-12-30/h3-20,31H,2,21-24H2,1H3,(H,36,40)/t31-/m1/s1. The number of amides is 2. The third-order valence-electron chi connectivity index (χ3n) is 6.81. The summed E-state index contributed by atoms with van der Waals surface area (Å²) in [6.07, 6.45) is 1.01. The average molecular weight is 775 g/mol. The van der Waals surface area contributed by atoms with Gasteiger partial charge in [0.2, 0.25) is 11.8 Å². The number of halogens is 2. The van der Waals surface area contributed by atoms with Gasteiger partial charge in [-0.25, -0.2) is 8.42 Å². The minimum absolute atomic E-state index is 0.0716. The first kappa shape index (κ1) is 32.7. The maximum Gasteiger partial charge on any atom is 0.264 e. The Labute approximate surface area is 275 Å². The van der Waals surface area contributed by atoms with Gasteiger partial charge < -0.3 is 10.2 Å². The van der Waals surface area contributed by atoms with Gasteiger partial charge in [0.05, 0.1) is 10.6 Å². The van der Waals surface area contributed by atoms with Crippen molar-refractivity contribution >= 4 is 66.0 Å². The summed E-state index contributed by atoms with van der Waals surface area (Å²) >= 11 is 5.60. The molecule has 4 rings (SSSR count). The van der Waals surface area contributed by atoms with Crippen molar-refractivity contribution in [2.24, 2.45) is 0 Å². The Kier molecular flexibility index (Phi) is 11.8. The number of anilines is 1. The molecular formula is C33H33BrIN3O4S. The lowest BCUT2D eigenvalue weighted by Crippen LogP contribution is -2.53. The highest BCUT2D eigenvalue weighted by Gasteiger charge is 2.34. The van der Waals surface area contributed by atoms with Gasteiger partial charge in [0.25, 0.3) is 10.0 Å². The van der Waals surface area contributed by atoms with E-state index in [1.54, 1.807) is 42.5 Å². The zero-order valence-electron chi connectivity index (χ0n) is 23.7. The summed E-state index contributed by atoms with van der Waals surface area (Å²) < 4.78 is 30.9. The second-order valence-corrected chi connectivity index (χ2v) is 14.0. The second-order valence-electron chi connectivity index (χ2n) is 9.95. The highest BCUT2D eigenvalue weighted by atomic mass is 127. The highest BCUT2D eigenvalue weighted by Crippen LogP contribution is 2.26.